The van der Waals surface area contributed by atoms with Gasteiger partial charge in [0, 0.05) is 18.3 Å². The Labute approximate surface area is 179 Å². The molecule has 3 heterocycles. The first-order valence-electron chi connectivity index (χ1n) is 9.50. The van der Waals surface area contributed by atoms with E-state index >= 15 is 0 Å². The van der Waals surface area contributed by atoms with Gasteiger partial charge in [0.2, 0.25) is 0 Å². The number of aromatic nitrogens is 1. The fourth-order valence-electron chi connectivity index (χ4n) is 3.65. The summed E-state index contributed by atoms with van der Waals surface area (Å²) in [6.45, 7) is 0.329. The van der Waals surface area contributed by atoms with Crippen LogP contribution in [0.1, 0.15) is 33.9 Å². The molecule has 1 aliphatic heterocycles. The van der Waals surface area contributed by atoms with E-state index in [9.17, 15) is 9.90 Å². The number of esters is 1. The van der Waals surface area contributed by atoms with Crippen molar-refractivity contribution < 1.29 is 19.1 Å². The molecule has 0 bridgehead atoms. The fraction of sp³-hybridized carbons (Fsp3) is 0.227. The quantitative estimate of drug-likeness (QED) is 0.462. The van der Waals surface area contributed by atoms with Crippen LogP contribution in [0, 0.1) is 0 Å². The molecule has 0 amide bonds. The number of rotatable bonds is 6. The number of nitrogens with one attached hydrogen (secondary N) is 1. The summed E-state index contributed by atoms with van der Waals surface area (Å²) in [7, 11) is 1.35. The van der Waals surface area contributed by atoms with Gasteiger partial charge in [0.05, 0.1) is 31.0 Å². The molecule has 154 valence electrons. The van der Waals surface area contributed by atoms with Gasteiger partial charge in [-0.15, -0.1) is 0 Å². The molecule has 8 heteroatoms. The highest BCUT2D eigenvalue weighted by Gasteiger charge is 2.41. The number of ether oxygens (including phenoxy) is 1. The zero-order valence-electron chi connectivity index (χ0n) is 16.3. The molecule has 0 saturated carbocycles. The molecule has 4 rings (SSSR count). The minimum atomic E-state index is -0.404. The van der Waals surface area contributed by atoms with Gasteiger partial charge < -0.3 is 24.5 Å². The van der Waals surface area contributed by atoms with Gasteiger partial charge >= 0.3 is 5.97 Å². The van der Waals surface area contributed by atoms with Crippen LogP contribution in [0.3, 0.4) is 0 Å². The predicted molar refractivity (Wildman–Crippen MR) is 115 cm³/mol. The molecule has 3 aromatic rings. The lowest BCUT2D eigenvalue weighted by molar-refractivity contribution is 0.0601. The number of nitrogens with zero attached hydrogens (tertiary/aromatic N) is 2. The van der Waals surface area contributed by atoms with Crippen molar-refractivity contribution in [2.45, 2.75) is 12.1 Å². The van der Waals surface area contributed by atoms with Crippen LogP contribution in [0.5, 0.6) is 0 Å². The minimum Gasteiger partial charge on any atom is -0.465 e. The first-order chi connectivity index (χ1) is 14.6. The van der Waals surface area contributed by atoms with Crippen LogP contribution in [0.15, 0.2) is 65.2 Å². The number of carbonyl (C=O) groups excluding carboxylic acids is 1. The van der Waals surface area contributed by atoms with E-state index in [0.29, 0.717) is 28.7 Å². The van der Waals surface area contributed by atoms with Crippen molar-refractivity contribution in [1.82, 2.24) is 15.2 Å². The maximum Gasteiger partial charge on any atom is 0.337 e. The Kier molecular flexibility index (Phi) is 5.78. The van der Waals surface area contributed by atoms with Gasteiger partial charge in [-0.1, -0.05) is 18.2 Å². The first kappa shape index (κ1) is 20.1. The maximum absolute atomic E-state index is 11.8. The number of thiocarbonyl (C=S) groups is 1. The van der Waals surface area contributed by atoms with E-state index in [1.54, 1.807) is 24.4 Å². The number of methoxy groups -OCH3 is 1. The van der Waals surface area contributed by atoms with E-state index in [-0.39, 0.29) is 18.7 Å². The molecule has 2 N–H and O–H groups in total. The highest BCUT2D eigenvalue weighted by Crippen LogP contribution is 2.40. The number of aliphatic hydroxyl groups excluding tert-OH is 1. The number of furan rings is 1. The summed E-state index contributed by atoms with van der Waals surface area (Å²) in [5.74, 6) is 0.903. The van der Waals surface area contributed by atoms with Gasteiger partial charge in [0.25, 0.3) is 0 Å². The van der Waals surface area contributed by atoms with E-state index in [2.05, 4.69) is 10.3 Å². The molecule has 0 radical (unpaired) electrons. The van der Waals surface area contributed by atoms with Crippen LogP contribution >= 0.6 is 12.2 Å². The summed E-state index contributed by atoms with van der Waals surface area (Å²) in [4.78, 5) is 18.2. The van der Waals surface area contributed by atoms with Gasteiger partial charge in [-0.3, -0.25) is 4.98 Å². The molecule has 0 aliphatic carbocycles. The summed E-state index contributed by atoms with van der Waals surface area (Å²) in [6.07, 6.45) is 1.73. The van der Waals surface area contributed by atoms with Crippen molar-refractivity contribution in [1.29, 1.82) is 0 Å². The number of β-amino-alcohol motifs (C(OH)–C–C–N with tert-alkyl or cyclic N) is 1. The van der Waals surface area contributed by atoms with Crippen LogP contribution in [0.25, 0.3) is 11.3 Å². The van der Waals surface area contributed by atoms with Crippen molar-refractivity contribution in [3.63, 3.8) is 0 Å². The Morgan fingerprint density at radius 2 is 2.13 bits per heavy atom. The lowest BCUT2D eigenvalue weighted by atomic mass is 10.0. The Hall–Kier alpha value is -3.23. The Bertz CT molecular complexity index is 1050. The second-order valence-electron chi connectivity index (χ2n) is 6.82. The van der Waals surface area contributed by atoms with E-state index in [1.807, 2.05) is 41.3 Å². The Balaban J connectivity index is 1.70. The predicted octanol–water partition coefficient (Wildman–Crippen LogP) is 3.09. The van der Waals surface area contributed by atoms with E-state index in [1.165, 1.54) is 7.11 Å². The first-order valence-corrected chi connectivity index (χ1v) is 9.90. The second-order valence-corrected chi connectivity index (χ2v) is 7.20. The molecule has 2 atom stereocenters. The summed E-state index contributed by atoms with van der Waals surface area (Å²) < 4.78 is 11.0. The summed E-state index contributed by atoms with van der Waals surface area (Å²) in [5, 5.41) is 13.4. The lowest BCUT2D eigenvalue weighted by Gasteiger charge is -2.25. The minimum absolute atomic E-state index is 0.0397. The third kappa shape index (κ3) is 3.79. The largest absolute Gasteiger partial charge is 0.465 e. The summed E-state index contributed by atoms with van der Waals surface area (Å²) in [5.41, 5.74) is 2.04. The molecule has 1 saturated heterocycles. The van der Waals surface area contributed by atoms with E-state index in [0.717, 1.165) is 11.3 Å². The SMILES string of the molecule is COC(=O)c1cccc(-c2ccc([C@@H]3[C@H](c4ccccn4)NC(=S)N3CCO)o2)c1. The number of aliphatic hydroxyl groups is 1. The Morgan fingerprint density at radius 3 is 2.87 bits per heavy atom. The zero-order valence-corrected chi connectivity index (χ0v) is 17.1. The summed E-state index contributed by atoms with van der Waals surface area (Å²) >= 11 is 5.50. The monoisotopic (exact) mass is 423 g/mol. The highest BCUT2D eigenvalue weighted by atomic mass is 32.1. The number of hydrogen-bond acceptors (Lipinski definition) is 6. The van der Waals surface area contributed by atoms with Gasteiger partial charge in [0.15, 0.2) is 5.11 Å². The van der Waals surface area contributed by atoms with E-state index in [4.69, 9.17) is 21.4 Å². The molecule has 1 aromatic carbocycles. The van der Waals surface area contributed by atoms with Crippen LogP contribution < -0.4 is 5.32 Å². The van der Waals surface area contributed by atoms with Gasteiger partial charge in [-0.25, -0.2) is 4.79 Å². The van der Waals surface area contributed by atoms with E-state index < -0.39 is 5.97 Å². The van der Waals surface area contributed by atoms with Crippen molar-refractivity contribution in [3.8, 4) is 11.3 Å². The fourth-order valence-corrected chi connectivity index (χ4v) is 3.98. The van der Waals surface area contributed by atoms with Gasteiger partial charge in [-0.2, -0.15) is 0 Å². The zero-order chi connectivity index (χ0) is 21.1. The van der Waals surface area contributed by atoms with Crippen LogP contribution in [0.2, 0.25) is 0 Å². The van der Waals surface area contributed by atoms with Crippen molar-refractivity contribution in [2.75, 3.05) is 20.3 Å². The number of carbonyl (C=O) groups is 1. The Morgan fingerprint density at radius 1 is 1.27 bits per heavy atom. The second kappa shape index (κ2) is 8.64. The number of benzene rings is 1. The van der Waals surface area contributed by atoms with Crippen LogP contribution in [-0.4, -0.2) is 46.3 Å². The normalized spacial score (nSPS) is 18.3. The van der Waals surface area contributed by atoms with Crippen LogP contribution in [0.4, 0.5) is 0 Å². The molecule has 1 aliphatic rings. The molecule has 1 fully saturated rings. The number of pyridine rings is 1. The molecule has 2 aromatic heterocycles. The standard InChI is InChI=1S/C22H21N3O4S/c1-28-21(27)15-6-4-5-14(13-15)17-8-9-18(29-17)20-19(16-7-2-3-10-23-16)24-22(30)25(20)11-12-26/h2-10,13,19-20,26H,11-12H2,1H3,(H,24,30)/t19-,20+/m0/s1. The molecule has 0 unspecified atom stereocenters. The average molecular weight is 423 g/mol. The maximum atomic E-state index is 11.8. The summed E-state index contributed by atoms with van der Waals surface area (Å²) in [6, 6.07) is 16.1. The average Bonchev–Trinajstić information content (AvgIpc) is 3.39. The molecule has 30 heavy (non-hydrogen) atoms. The van der Waals surface area contributed by atoms with Gasteiger partial charge in [-0.05, 0) is 48.6 Å². The topological polar surface area (TPSA) is 87.8 Å². The van der Waals surface area contributed by atoms with Crippen molar-refractivity contribution >= 4 is 23.3 Å². The molecule has 0 spiro atoms. The number of hydrogen-bond donors (Lipinski definition) is 2. The smallest absolute Gasteiger partial charge is 0.337 e. The van der Waals surface area contributed by atoms with Crippen LogP contribution in [-0.2, 0) is 4.74 Å². The third-order valence-electron chi connectivity index (χ3n) is 5.03. The van der Waals surface area contributed by atoms with Crippen molar-refractivity contribution in [2.24, 2.45) is 0 Å². The molecular weight excluding hydrogens is 402 g/mol. The molecule has 7 nitrogen and oxygen atoms in total. The lowest BCUT2D eigenvalue weighted by Crippen LogP contribution is -2.32. The highest BCUT2D eigenvalue weighted by molar-refractivity contribution is 7.80. The third-order valence-corrected chi connectivity index (χ3v) is 5.38. The molecular formula is C22H21N3O4S. The van der Waals surface area contributed by atoms with Gasteiger partial charge in [0.1, 0.15) is 17.6 Å². The van der Waals surface area contributed by atoms with Crippen molar-refractivity contribution in [3.05, 3.63) is 77.8 Å².